The first-order valence-corrected chi connectivity index (χ1v) is 9.88. The molecule has 3 rings (SSSR count). The molecule has 0 atom stereocenters. The number of hydrogen-bond acceptors (Lipinski definition) is 3. The number of benzene rings is 1. The lowest BCUT2D eigenvalue weighted by atomic mass is 9.84. The zero-order valence-electron chi connectivity index (χ0n) is 13.9. The molecule has 2 fully saturated rings. The van der Waals surface area contributed by atoms with Crippen molar-refractivity contribution < 1.29 is 17.6 Å². The molecule has 7 heteroatoms. The number of aryl methyl sites for hydroxylation is 1. The number of nitrogens with zero attached hydrogens (tertiary/aromatic N) is 2. The van der Waals surface area contributed by atoms with E-state index in [1.165, 1.54) is 22.5 Å². The zero-order valence-corrected chi connectivity index (χ0v) is 14.7. The van der Waals surface area contributed by atoms with Crippen molar-refractivity contribution in [2.75, 3.05) is 26.2 Å². The first kappa shape index (κ1) is 17.4. The van der Waals surface area contributed by atoms with Crippen molar-refractivity contribution in [2.24, 2.45) is 5.92 Å². The van der Waals surface area contributed by atoms with E-state index in [-0.39, 0.29) is 23.3 Å². The van der Waals surface area contributed by atoms with E-state index in [0.717, 1.165) is 19.3 Å². The maximum absolute atomic E-state index is 13.4. The molecule has 2 aliphatic rings. The molecule has 0 bridgehead atoms. The summed E-state index contributed by atoms with van der Waals surface area (Å²) in [6.07, 6.45) is 3.63. The molecule has 0 unspecified atom stereocenters. The van der Waals surface area contributed by atoms with Gasteiger partial charge in [0.1, 0.15) is 5.82 Å². The summed E-state index contributed by atoms with van der Waals surface area (Å²) in [4.78, 5) is 14.3. The molecule has 0 aromatic heterocycles. The Kier molecular flexibility index (Phi) is 4.92. The van der Waals surface area contributed by atoms with Crippen LogP contribution in [0.4, 0.5) is 4.39 Å². The van der Waals surface area contributed by atoms with Crippen molar-refractivity contribution in [2.45, 2.75) is 37.5 Å². The standard InChI is InChI=1S/C17H23FN2O3S/c1-13-12-15(6-7-16(13)18)24(22,23)20-9-3-8-19(10-11-20)17(21)14-4-2-5-14/h6-7,12,14H,2-5,8-11H2,1H3. The molecule has 0 N–H and O–H groups in total. The Balaban J connectivity index is 1.72. The summed E-state index contributed by atoms with van der Waals surface area (Å²) >= 11 is 0. The van der Waals surface area contributed by atoms with Gasteiger partial charge in [0.25, 0.3) is 0 Å². The summed E-state index contributed by atoms with van der Waals surface area (Å²) in [6.45, 7) is 3.25. The predicted octanol–water partition coefficient (Wildman–Crippen LogP) is 2.16. The normalized spacial score (nSPS) is 20.5. The fourth-order valence-corrected chi connectivity index (χ4v) is 4.75. The van der Waals surface area contributed by atoms with Crippen LogP contribution in [-0.2, 0) is 14.8 Å². The smallest absolute Gasteiger partial charge is 0.243 e. The lowest BCUT2D eigenvalue weighted by molar-refractivity contribution is -0.138. The first-order valence-electron chi connectivity index (χ1n) is 8.44. The number of carbonyl (C=O) groups is 1. The average Bonchev–Trinajstić information content (AvgIpc) is 2.74. The molecule has 0 spiro atoms. The minimum absolute atomic E-state index is 0.111. The molecule has 1 aliphatic heterocycles. The van der Waals surface area contributed by atoms with E-state index >= 15 is 0 Å². The number of halogens is 1. The highest BCUT2D eigenvalue weighted by molar-refractivity contribution is 7.89. The van der Waals surface area contributed by atoms with Crippen LogP contribution in [0.15, 0.2) is 23.1 Å². The molecule has 5 nitrogen and oxygen atoms in total. The maximum atomic E-state index is 13.4. The molecule has 1 saturated carbocycles. The van der Waals surface area contributed by atoms with Crippen molar-refractivity contribution in [3.63, 3.8) is 0 Å². The van der Waals surface area contributed by atoms with E-state index in [2.05, 4.69) is 0 Å². The van der Waals surface area contributed by atoms with E-state index in [9.17, 15) is 17.6 Å². The molecule has 1 aromatic carbocycles. The van der Waals surface area contributed by atoms with Crippen LogP contribution in [-0.4, -0.2) is 49.7 Å². The Morgan fingerprint density at radius 1 is 1.12 bits per heavy atom. The third-order valence-corrected chi connectivity index (χ3v) is 6.88. The van der Waals surface area contributed by atoms with Crippen LogP contribution in [0.1, 0.15) is 31.2 Å². The second-order valence-electron chi connectivity index (χ2n) is 6.62. The largest absolute Gasteiger partial charge is 0.341 e. The molecule has 1 aliphatic carbocycles. The minimum atomic E-state index is -3.66. The van der Waals surface area contributed by atoms with Gasteiger partial charge < -0.3 is 4.90 Å². The van der Waals surface area contributed by atoms with Gasteiger partial charge in [-0.25, -0.2) is 12.8 Å². The molecule has 1 amide bonds. The van der Waals surface area contributed by atoms with E-state index in [1.54, 1.807) is 11.8 Å². The molecule has 0 radical (unpaired) electrons. The topological polar surface area (TPSA) is 57.7 Å². The predicted molar refractivity (Wildman–Crippen MR) is 88.4 cm³/mol. The van der Waals surface area contributed by atoms with Gasteiger partial charge in [0.2, 0.25) is 15.9 Å². The monoisotopic (exact) mass is 354 g/mol. The van der Waals surface area contributed by atoms with Gasteiger partial charge in [-0.3, -0.25) is 4.79 Å². The average molecular weight is 354 g/mol. The molecule has 24 heavy (non-hydrogen) atoms. The number of sulfonamides is 1. The highest BCUT2D eigenvalue weighted by Crippen LogP contribution is 2.29. The lowest BCUT2D eigenvalue weighted by Crippen LogP contribution is -2.41. The van der Waals surface area contributed by atoms with Gasteiger partial charge >= 0.3 is 0 Å². The minimum Gasteiger partial charge on any atom is -0.341 e. The summed E-state index contributed by atoms with van der Waals surface area (Å²) < 4.78 is 40.4. The maximum Gasteiger partial charge on any atom is 0.243 e. The number of carbonyl (C=O) groups excluding carboxylic acids is 1. The summed E-state index contributed by atoms with van der Waals surface area (Å²) in [5, 5.41) is 0. The van der Waals surface area contributed by atoms with Gasteiger partial charge in [0.15, 0.2) is 0 Å². The van der Waals surface area contributed by atoms with Gasteiger partial charge in [-0.2, -0.15) is 4.31 Å². The Bertz CT molecular complexity index is 731. The van der Waals surface area contributed by atoms with Crippen LogP contribution >= 0.6 is 0 Å². The van der Waals surface area contributed by atoms with Crippen molar-refractivity contribution >= 4 is 15.9 Å². The van der Waals surface area contributed by atoms with Crippen LogP contribution < -0.4 is 0 Å². The van der Waals surface area contributed by atoms with Gasteiger partial charge in [-0.1, -0.05) is 6.42 Å². The van der Waals surface area contributed by atoms with Crippen LogP contribution in [0.25, 0.3) is 0 Å². The van der Waals surface area contributed by atoms with E-state index in [0.29, 0.717) is 31.6 Å². The second-order valence-corrected chi connectivity index (χ2v) is 8.56. The Hall–Kier alpha value is -1.47. The van der Waals surface area contributed by atoms with Gasteiger partial charge in [0, 0.05) is 32.1 Å². The summed E-state index contributed by atoms with van der Waals surface area (Å²) in [5.41, 5.74) is 0.313. The van der Waals surface area contributed by atoms with E-state index < -0.39 is 15.8 Å². The van der Waals surface area contributed by atoms with Crippen molar-refractivity contribution in [3.05, 3.63) is 29.6 Å². The SMILES string of the molecule is Cc1cc(S(=O)(=O)N2CCCN(C(=O)C3CCC3)CC2)ccc1F. The summed E-state index contributed by atoms with van der Waals surface area (Å²) in [7, 11) is -3.66. The number of hydrogen-bond donors (Lipinski definition) is 0. The fraction of sp³-hybridized carbons (Fsp3) is 0.588. The zero-order chi connectivity index (χ0) is 17.3. The van der Waals surface area contributed by atoms with Crippen LogP contribution in [0.3, 0.4) is 0 Å². The van der Waals surface area contributed by atoms with Crippen LogP contribution in [0, 0.1) is 18.7 Å². The molecular formula is C17H23FN2O3S. The lowest BCUT2D eigenvalue weighted by Gasteiger charge is -2.31. The van der Waals surface area contributed by atoms with E-state index in [4.69, 9.17) is 0 Å². The molecule has 132 valence electrons. The Morgan fingerprint density at radius 3 is 2.50 bits per heavy atom. The van der Waals surface area contributed by atoms with Gasteiger partial charge in [-0.05, 0) is 49.9 Å². The quantitative estimate of drug-likeness (QED) is 0.836. The highest BCUT2D eigenvalue weighted by atomic mass is 32.2. The Morgan fingerprint density at radius 2 is 1.88 bits per heavy atom. The van der Waals surface area contributed by atoms with Crippen molar-refractivity contribution in [1.29, 1.82) is 0 Å². The molecule has 1 saturated heterocycles. The fourth-order valence-electron chi connectivity index (χ4n) is 3.19. The van der Waals surface area contributed by atoms with E-state index in [1.807, 2.05) is 0 Å². The number of rotatable bonds is 3. The second kappa shape index (κ2) is 6.80. The third kappa shape index (κ3) is 3.32. The van der Waals surface area contributed by atoms with Gasteiger partial charge in [-0.15, -0.1) is 0 Å². The van der Waals surface area contributed by atoms with Crippen LogP contribution in [0.5, 0.6) is 0 Å². The Labute approximate surface area is 142 Å². The van der Waals surface area contributed by atoms with Gasteiger partial charge in [0.05, 0.1) is 4.90 Å². The summed E-state index contributed by atoms with van der Waals surface area (Å²) in [6, 6.07) is 3.86. The molecule has 1 heterocycles. The molecule has 1 aromatic rings. The van der Waals surface area contributed by atoms with Crippen molar-refractivity contribution in [3.8, 4) is 0 Å². The highest BCUT2D eigenvalue weighted by Gasteiger charge is 2.32. The number of amides is 1. The van der Waals surface area contributed by atoms with Crippen molar-refractivity contribution in [1.82, 2.24) is 9.21 Å². The molecular weight excluding hydrogens is 331 g/mol. The van der Waals surface area contributed by atoms with Crippen LogP contribution in [0.2, 0.25) is 0 Å². The third-order valence-electron chi connectivity index (χ3n) is 4.99. The summed E-state index contributed by atoms with van der Waals surface area (Å²) in [5.74, 6) is -0.117. The first-order chi connectivity index (χ1) is 11.4.